The number of ketones is 1. The van der Waals surface area contributed by atoms with Crippen molar-refractivity contribution in [2.75, 3.05) is 0 Å². The van der Waals surface area contributed by atoms with Gasteiger partial charge in [-0.25, -0.2) is 0 Å². The molecule has 2 heteroatoms. The fraction of sp³-hybridized carbons (Fsp3) is 0.211. The molecule has 0 spiro atoms. The van der Waals surface area contributed by atoms with Gasteiger partial charge in [0.05, 0.1) is 6.54 Å². The zero-order valence-corrected chi connectivity index (χ0v) is 12.7. The Morgan fingerprint density at radius 3 is 2.52 bits per heavy atom. The summed E-state index contributed by atoms with van der Waals surface area (Å²) in [6.07, 6.45) is 2.00. The zero-order chi connectivity index (χ0) is 15.0. The van der Waals surface area contributed by atoms with Gasteiger partial charge in [0.25, 0.3) is 0 Å². The van der Waals surface area contributed by atoms with E-state index in [0.717, 1.165) is 16.6 Å². The first kappa shape index (κ1) is 13.6. The van der Waals surface area contributed by atoms with Crippen LogP contribution in [0.4, 0.5) is 0 Å². The molecule has 0 aliphatic rings. The Bertz CT molecular complexity index is 827. The molecule has 3 aromatic rings. The van der Waals surface area contributed by atoms with E-state index in [-0.39, 0.29) is 5.78 Å². The molecule has 3 rings (SSSR count). The minimum Gasteiger partial charge on any atom is -0.340 e. The van der Waals surface area contributed by atoms with Crippen LogP contribution in [-0.4, -0.2) is 10.4 Å². The largest absolute Gasteiger partial charge is 0.340 e. The number of hydrogen-bond acceptors (Lipinski definition) is 1. The van der Waals surface area contributed by atoms with Gasteiger partial charge in [-0.3, -0.25) is 4.79 Å². The van der Waals surface area contributed by atoms with Crippen molar-refractivity contribution in [1.29, 1.82) is 0 Å². The van der Waals surface area contributed by atoms with E-state index in [0.29, 0.717) is 6.54 Å². The molecule has 0 saturated carbocycles. The Balaban J connectivity index is 1.93. The minimum atomic E-state index is 0.150. The summed E-state index contributed by atoms with van der Waals surface area (Å²) in [5, 5.41) is 1.21. The van der Waals surface area contributed by atoms with Gasteiger partial charge in [0.15, 0.2) is 5.78 Å². The van der Waals surface area contributed by atoms with Crippen molar-refractivity contribution >= 4 is 16.7 Å². The highest BCUT2D eigenvalue weighted by atomic mass is 16.1. The average Bonchev–Trinajstić information content (AvgIpc) is 2.86. The van der Waals surface area contributed by atoms with Gasteiger partial charge in [-0.2, -0.15) is 0 Å². The van der Waals surface area contributed by atoms with Gasteiger partial charge in [0.2, 0.25) is 0 Å². The van der Waals surface area contributed by atoms with Crippen LogP contribution in [0.3, 0.4) is 0 Å². The highest BCUT2D eigenvalue weighted by Gasteiger charge is 2.10. The molecule has 0 amide bonds. The van der Waals surface area contributed by atoms with Crippen LogP contribution in [0.15, 0.2) is 48.7 Å². The lowest BCUT2D eigenvalue weighted by Crippen LogP contribution is -2.09. The van der Waals surface area contributed by atoms with Crippen molar-refractivity contribution in [1.82, 2.24) is 4.57 Å². The van der Waals surface area contributed by atoms with Crippen LogP contribution >= 0.6 is 0 Å². The number of fused-ring (bicyclic) bond motifs is 1. The molecule has 1 aromatic heterocycles. The molecule has 2 nitrogen and oxygen atoms in total. The number of carbonyl (C=O) groups excluding carboxylic acids is 1. The summed E-state index contributed by atoms with van der Waals surface area (Å²) in [6.45, 7) is 6.58. The summed E-state index contributed by atoms with van der Waals surface area (Å²) >= 11 is 0. The van der Waals surface area contributed by atoms with Gasteiger partial charge >= 0.3 is 0 Å². The second-order valence-corrected chi connectivity index (χ2v) is 5.67. The van der Waals surface area contributed by atoms with Crippen LogP contribution in [0, 0.1) is 20.8 Å². The predicted molar refractivity (Wildman–Crippen MR) is 86.9 cm³/mol. The molecule has 0 bridgehead atoms. The van der Waals surface area contributed by atoms with Gasteiger partial charge in [-0.1, -0.05) is 24.3 Å². The molecule has 21 heavy (non-hydrogen) atoms. The first-order valence-corrected chi connectivity index (χ1v) is 7.21. The maximum Gasteiger partial charge on any atom is 0.182 e. The van der Waals surface area contributed by atoms with Gasteiger partial charge < -0.3 is 4.57 Å². The van der Waals surface area contributed by atoms with Crippen LogP contribution in [0.1, 0.15) is 27.0 Å². The van der Waals surface area contributed by atoms with Crippen molar-refractivity contribution in [3.05, 3.63) is 70.9 Å². The Kier molecular flexibility index (Phi) is 3.38. The SMILES string of the molecule is Cc1ccc(C(=O)Cn2ccc3c(C)cccc32)cc1C. The molecule has 0 saturated heterocycles. The normalized spacial score (nSPS) is 11.0. The number of rotatable bonds is 3. The summed E-state index contributed by atoms with van der Waals surface area (Å²) in [5.74, 6) is 0.150. The molecule has 0 N–H and O–H groups in total. The third-order valence-electron chi connectivity index (χ3n) is 4.17. The van der Waals surface area contributed by atoms with Crippen LogP contribution in [0.2, 0.25) is 0 Å². The van der Waals surface area contributed by atoms with Crippen molar-refractivity contribution in [2.24, 2.45) is 0 Å². The number of hydrogen-bond donors (Lipinski definition) is 0. The third-order valence-corrected chi connectivity index (χ3v) is 4.17. The fourth-order valence-corrected chi connectivity index (χ4v) is 2.68. The minimum absolute atomic E-state index is 0.150. The van der Waals surface area contributed by atoms with E-state index >= 15 is 0 Å². The predicted octanol–water partition coefficient (Wildman–Crippen LogP) is 4.45. The molecule has 0 aliphatic heterocycles. The van der Waals surface area contributed by atoms with Crippen LogP contribution in [-0.2, 0) is 6.54 Å². The summed E-state index contributed by atoms with van der Waals surface area (Å²) in [7, 11) is 0. The standard InChI is InChI=1S/C19H19NO/c1-13-7-8-16(11-15(13)3)19(21)12-20-10-9-17-14(2)5-4-6-18(17)20/h4-11H,12H2,1-3H3. The average molecular weight is 277 g/mol. The van der Waals surface area contributed by atoms with E-state index in [1.54, 1.807) is 0 Å². The lowest BCUT2D eigenvalue weighted by Gasteiger charge is -2.07. The lowest BCUT2D eigenvalue weighted by molar-refractivity contribution is 0.0973. The second kappa shape index (κ2) is 5.21. The molecule has 0 fully saturated rings. The van der Waals surface area contributed by atoms with E-state index < -0.39 is 0 Å². The first-order valence-electron chi connectivity index (χ1n) is 7.21. The smallest absolute Gasteiger partial charge is 0.182 e. The third kappa shape index (κ3) is 2.49. The Morgan fingerprint density at radius 2 is 1.76 bits per heavy atom. The molecule has 0 radical (unpaired) electrons. The highest BCUT2D eigenvalue weighted by molar-refractivity contribution is 5.97. The second-order valence-electron chi connectivity index (χ2n) is 5.67. The maximum absolute atomic E-state index is 12.5. The Morgan fingerprint density at radius 1 is 0.952 bits per heavy atom. The number of Topliss-reactive ketones (excluding diaryl/α,β-unsaturated/α-hetero) is 1. The highest BCUT2D eigenvalue weighted by Crippen LogP contribution is 2.20. The van der Waals surface area contributed by atoms with Crippen molar-refractivity contribution in [3.8, 4) is 0 Å². The Labute approximate surface area is 125 Å². The molecule has 0 unspecified atom stereocenters. The summed E-state index contributed by atoms with van der Waals surface area (Å²) < 4.78 is 2.03. The number of benzene rings is 2. The van der Waals surface area contributed by atoms with Crippen LogP contribution in [0.5, 0.6) is 0 Å². The first-order chi connectivity index (χ1) is 10.1. The Hall–Kier alpha value is -2.35. The molecular weight excluding hydrogens is 258 g/mol. The molecule has 106 valence electrons. The topological polar surface area (TPSA) is 22.0 Å². The number of aromatic nitrogens is 1. The van der Waals surface area contributed by atoms with E-state index in [9.17, 15) is 4.79 Å². The molecule has 1 heterocycles. The zero-order valence-electron chi connectivity index (χ0n) is 12.7. The van der Waals surface area contributed by atoms with Crippen molar-refractivity contribution in [3.63, 3.8) is 0 Å². The van der Waals surface area contributed by atoms with E-state index in [1.165, 1.54) is 16.5 Å². The van der Waals surface area contributed by atoms with E-state index in [4.69, 9.17) is 0 Å². The summed E-state index contributed by atoms with van der Waals surface area (Å²) in [4.78, 5) is 12.5. The van der Waals surface area contributed by atoms with E-state index in [1.807, 2.05) is 42.0 Å². The van der Waals surface area contributed by atoms with Gasteiger partial charge in [-0.05, 0) is 55.7 Å². The lowest BCUT2D eigenvalue weighted by atomic mass is 10.0. The van der Waals surface area contributed by atoms with Crippen molar-refractivity contribution in [2.45, 2.75) is 27.3 Å². The number of aryl methyl sites for hydroxylation is 3. The molecule has 2 aromatic carbocycles. The monoisotopic (exact) mass is 277 g/mol. The molecule has 0 aliphatic carbocycles. The molecule has 0 atom stereocenters. The number of carbonyl (C=O) groups is 1. The van der Waals surface area contributed by atoms with Gasteiger partial charge in [0, 0.05) is 22.7 Å². The van der Waals surface area contributed by atoms with Gasteiger partial charge in [0.1, 0.15) is 0 Å². The maximum atomic E-state index is 12.5. The van der Waals surface area contributed by atoms with Crippen LogP contribution < -0.4 is 0 Å². The fourth-order valence-electron chi connectivity index (χ4n) is 2.68. The van der Waals surface area contributed by atoms with E-state index in [2.05, 4.69) is 32.0 Å². The number of nitrogens with zero attached hydrogens (tertiary/aromatic N) is 1. The van der Waals surface area contributed by atoms with Crippen molar-refractivity contribution < 1.29 is 4.79 Å². The quantitative estimate of drug-likeness (QED) is 0.648. The summed E-state index contributed by atoms with van der Waals surface area (Å²) in [6, 6.07) is 14.2. The summed E-state index contributed by atoms with van der Waals surface area (Å²) in [5.41, 5.74) is 5.52. The van der Waals surface area contributed by atoms with Crippen LogP contribution in [0.25, 0.3) is 10.9 Å². The van der Waals surface area contributed by atoms with Gasteiger partial charge in [-0.15, -0.1) is 0 Å². The molecular formula is C19H19NO.